The van der Waals surface area contributed by atoms with Gasteiger partial charge in [0.25, 0.3) is 0 Å². The van der Waals surface area contributed by atoms with Crippen molar-refractivity contribution in [2.24, 2.45) is 0 Å². The molecular weight excluding hydrogens is 298 g/mol. The Morgan fingerprint density at radius 3 is 2.08 bits per heavy atom. The van der Waals surface area contributed by atoms with Crippen molar-refractivity contribution in [2.45, 2.75) is 0 Å². The first kappa shape index (κ1) is 14.1. The summed E-state index contributed by atoms with van der Waals surface area (Å²) < 4.78 is 0. The summed E-state index contributed by atoms with van der Waals surface area (Å²) >= 11 is 0. The van der Waals surface area contributed by atoms with Crippen LogP contribution in [0.1, 0.15) is 0 Å². The molecule has 0 aliphatic heterocycles. The first-order valence-electron chi connectivity index (χ1n) is 7.66. The van der Waals surface area contributed by atoms with Crippen molar-refractivity contribution in [3.05, 3.63) is 66.7 Å². The van der Waals surface area contributed by atoms with Crippen molar-refractivity contribution in [2.75, 3.05) is 16.8 Å². The lowest BCUT2D eigenvalue weighted by atomic mass is 10.1. The molecule has 4 rings (SSSR count). The Labute approximate surface area is 139 Å². The van der Waals surface area contributed by atoms with Crippen LogP contribution in [0.25, 0.3) is 22.0 Å². The number of nitrogens with zero attached hydrogens (tertiary/aromatic N) is 1. The summed E-state index contributed by atoms with van der Waals surface area (Å²) in [4.78, 5) is 0. The van der Waals surface area contributed by atoms with Gasteiger partial charge in [0, 0.05) is 22.4 Å². The standard InChI is InChI=1S/C19H17N5/c20-14-5-1-12(2-6-14)13-3-8-16(9-4-13)22-19-17-11-15(21)7-10-18(17)23-24-19/h1-11H,20-21H2,(H2,22,23,24). The maximum atomic E-state index is 5.86. The highest BCUT2D eigenvalue weighted by Crippen LogP contribution is 2.27. The summed E-state index contributed by atoms with van der Waals surface area (Å²) in [5.41, 5.74) is 17.3. The number of rotatable bonds is 3. The number of nitrogen functional groups attached to an aromatic ring is 2. The van der Waals surface area contributed by atoms with Gasteiger partial charge in [-0.1, -0.05) is 24.3 Å². The average Bonchev–Trinajstić information content (AvgIpc) is 2.98. The van der Waals surface area contributed by atoms with E-state index in [2.05, 4.69) is 27.6 Å². The van der Waals surface area contributed by atoms with Gasteiger partial charge in [-0.3, -0.25) is 5.10 Å². The van der Waals surface area contributed by atoms with Gasteiger partial charge in [-0.25, -0.2) is 0 Å². The van der Waals surface area contributed by atoms with Gasteiger partial charge in [0.2, 0.25) is 0 Å². The highest BCUT2D eigenvalue weighted by molar-refractivity contribution is 5.93. The van der Waals surface area contributed by atoms with Crippen LogP contribution in [0.4, 0.5) is 22.9 Å². The molecule has 0 spiro atoms. The molecule has 1 aromatic heterocycles. The molecule has 5 heteroatoms. The second kappa shape index (κ2) is 5.62. The molecular formula is C19H17N5. The quantitative estimate of drug-likeness (QED) is 0.427. The van der Waals surface area contributed by atoms with E-state index in [0.29, 0.717) is 5.69 Å². The van der Waals surface area contributed by atoms with E-state index in [0.717, 1.165) is 39.2 Å². The second-order valence-electron chi connectivity index (χ2n) is 5.70. The van der Waals surface area contributed by atoms with Crippen LogP contribution in [0.5, 0.6) is 0 Å². The highest BCUT2D eigenvalue weighted by atomic mass is 15.2. The Hall–Kier alpha value is -3.47. The molecule has 0 unspecified atom stereocenters. The Balaban J connectivity index is 1.60. The van der Waals surface area contributed by atoms with E-state index in [1.807, 2.05) is 54.6 Å². The first-order chi connectivity index (χ1) is 11.7. The van der Waals surface area contributed by atoms with E-state index in [4.69, 9.17) is 11.5 Å². The average molecular weight is 315 g/mol. The van der Waals surface area contributed by atoms with E-state index >= 15 is 0 Å². The van der Waals surface area contributed by atoms with Gasteiger partial charge in [-0.15, -0.1) is 0 Å². The van der Waals surface area contributed by atoms with E-state index in [1.165, 1.54) is 0 Å². The summed E-state index contributed by atoms with van der Waals surface area (Å²) in [6.45, 7) is 0. The molecule has 6 N–H and O–H groups in total. The monoisotopic (exact) mass is 315 g/mol. The Kier molecular flexibility index (Phi) is 3.31. The van der Waals surface area contributed by atoms with Crippen molar-refractivity contribution in [1.29, 1.82) is 0 Å². The predicted octanol–water partition coefficient (Wildman–Crippen LogP) is 4.14. The fraction of sp³-hybridized carbons (Fsp3) is 0. The zero-order chi connectivity index (χ0) is 16.5. The Morgan fingerprint density at radius 1 is 0.750 bits per heavy atom. The fourth-order valence-corrected chi connectivity index (χ4v) is 2.69. The molecule has 0 saturated heterocycles. The summed E-state index contributed by atoms with van der Waals surface area (Å²) in [6.07, 6.45) is 0. The van der Waals surface area contributed by atoms with Gasteiger partial charge in [-0.05, 0) is 53.6 Å². The number of benzene rings is 3. The minimum atomic E-state index is 0.714. The topological polar surface area (TPSA) is 92.7 Å². The largest absolute Gasteiger partial charge is 0.399 e. The fourth-order valence-electron chi connectivity index (χ4n) is 2.69. The molecule has 0 fully saturated rings. The molecule has 24 heavy (non-hydrogen) atoms. The third kappa shape index (κ3) is 2.63. The van der Waals surface area contributed by atoms with Gasteiger partial charge < -0.3 is 16.8 Å². The predicted molar refractivity (Wildman–Crippen MR) is 100 cm³/mol. The zero-order valence-electron chi connectivity index (χ0n) is 13.0. The summed E-state index contributed by atoms with van der Waals surface area (Å²) in [6, 6.07) is 21.7. The summed E-state index contributed by atoms with van der Waals surface area (Å²) in [5.74, 6) is 0.762. The summed E-state index contributed by atoms with van der Waals surface area (Å²) in [5, 5.41) is 11.6. The molecule has 0 saturated carbocycles. The van der Waals surface area contributed by atoms with Gasteiger partial charge in [0.15, 0.2) is 5.82 Å². The molecule has 1 heterocycles. The molecule has 5 nitrogen and oxygen atoms in total. The third-order valence-electron chi connectivity index (χ3n) is 3.98. The van der Waals surface area contributed by atoms with Gasteiger partial charge in [0.05, 0.1) is 5.52 Å². The number of fused-ring (bicyclic) bond motifs is 1. The lowest BCUT2D eigenvalue weighted by Crippen LogP contribution is -1.92. The number of aromatic amines is 1. The molecule has 118 valence electrons. The van der Waals surface area contributed by atoms with Crippen molar-refractivity contribution in [1.82, 2.24) is 10.2 Å². The van der Waals surface area contributed by atoms with Crippen LogP contribution in [-0.4, -0.2) is 10.2 Å². The molecule has 0 radical (unpaired) electrons. The SMILES string of the molecule is Nc1ccc(-c2ccc(Nc3n[nH]c4ccc(N)cc34)cc2)cc1. The third-order valence-corrected chi connectivity index (χ3v) is 3.98. The van der Waals surface area contributed by atoms with Gasteiger partial charge >= 0.3 is 0 Å². The van der Waals surface area contributed by atoms with Crippen LogP contribution in [0.2, 0.25) is 0 Å². The smallest absolute Gasteiger partial charge is 0.160 e. The van der Waals surface area contributed by atoms with Crippen molar-refractivity contribution in [3.8, 4) is 11.1 Å². The Bertz CT molecular complexity index is 985. The number of hydrogen-bond donors (Lipinski definition) is 4. The van der Waals surface area contributed by atoms with Gasteiger partial charge in [-0.2, -0.15) is 5.10 Å². The van der Waals surface area contributed by atoms with E-state index in [9.17, 15) is 0 Å². The first-order valence-corrected chi connectivity index (χ1v) is 7.66. The number of nitrogens with one attached hydrogen (secondary N) is 2. The van der Waals surface area contributed by atoms with Crippen LogP contribution in [-0.2, 0) is 0 Å². The van der Waals surface area contributed by atoms with Crippen LogP contribution >= 0.6 is 0 Å². The number of nitrogens with two attached hydrogens (primary N) is 2. The molecule has 0 aliphatic carbocycles. The van der Waals surface area contributed by atoms with Crippen molar-refractivity contribution < 1.29 is 0 Å². The molecule has 0 atom stereocenters. The van der Waals surface area contributed by atoms with Crippen LogP contribution in [0.3, 0.4) is 0 Å². The summed E-state index contributed by atoms with van der Waals surface area (Å²) in [7, 11) is 0. The highest BCUT2D eigenvalue weighted by Gasteiger charge is 2.06. The molecule has 0 bridgehead atoms. The second-order valence-corrected chi connectivity index (χ2v) is 5.70. The Morgan fingerprint density at radius 2 is 1.38 bits per heavy atom. The minimum Gasteiger partial charge on any atom is -0.399 e. The number of H-pyrrole nitrogens is 1. The number of aromatic nitrogens is 2. The number of anilines is 4. The molecule has 3 aromatic carbocycles. The molecule has 0 amide bonds. The van der Waals surface area contributed by atoms with E-state index in [1.54, 1.807) is 0 Å². The lowest BCUT2D eigenvalue weighted by Gasteiger charge is -2.06. The molecule has 0 aliphatic rings. The molecule has 4 aromatic rings. The van der Waals surface area contributed by atoms with E-state index < -0.39 is 0 Å². The van der Waals surface area contributed by atoms with Crippen molar-refractivity contribution in [3.63, 3.8) is 0 Å². The van der Waals surface area contributed by atoms with Crippen LogP contribution in [0.15, 0.2) is 66.7 Å². The lowest BCUT2D eigenvalue weighted by molar-refractivity contribution is 1.12. The van der Waals surface area contributed by atoms with Gasteiger partial charge in [0.1, 0.15) is 0 Å². The number of hydrogen-bond acceptors (Lipinski definition) is 4. The van der Waals surface area contributed by atoms with Crippen LogP contribution in [0, 0.1) is 0 Å². The van der Waals surface area contributed by atoms with E-state index in [-0.39, 0.29) is 0 Å². The van der Waals surface area contributed by atoms with Crippen molar-refractivity contribution >= 4 is 33.8 Å². The van der Waals surface area contributed by atoms with Crippen LogP contribution < -0.4 is 16.8 Å². The normalized spacial score (nSPS) is 10.8. The zero-order valence-corrected chi connectivity index (χ0v) is 13.0. The maximum Gasteiger partial charge on any atom is 0.160 e. The minimum absolute atomic E-state index is 0.714. The maximum absolute atomic E-state index is 5.86.